The van der Waals surface area contributed by atoms with Gasteiger partial charge in [-0.15, -0.1) is 0 Å². The smallest absolute Gasteiger partial charge is 0.223 e. The number of rotatable bonds is 5. The minimum atomic E-state index is 0.576. The van der Waals surface area contributed by atoms with Crippen molar-refractivity contribution in [2.75, 3.05) is 26.7 Å². The summed E-state index contributed by atoms with van der Waals surface area (Å²) in [6.45, 7) is 6.76. The molecule has 0 unspecified atom stereocenters. The molecule has 1 saturated heterocycles. The zero-order chi connectivity index (χ0) is 17.9. The van der Waals surface area contributed by atoms with E-state index < -0.39 is 0 Å². The molecular formula is C20H28N4O2. The number of aromatic nitrogens is 2. The van der Waals surface area contributed by atoms with Gasteiger partial charge < -0.3 is 9.26 Å². The van der Waals surface area contributed by atoms with Crippen LogP contribution >= 0.6 is 0 Å². The van der Waals surface area contributed by atoms with Gasteiger partial charge in [0.1, 0.15) is 5.75 Å². The number of hydrogen-bond acceptors (Lipinski definition) is 6. The second-order valence-corrected chi connectivity index (χ2v) is 7.55. The summed E-state index contributed by atoms with van der Waals surface area (Å²) in [5, 5.41) is 4.02. The van der Waals surface area contributed by atoms with Gasteiger partial charge in [0.15, 0.2) is 5.82 Å². The van der Waals surface area contributed by atoms with E-state index in [1.165, 1.54) is 36.9 Å². The highest BCUT2D eigenvalue weighted by Gasteiger charge is 2.22. The number of hydrogen-bond donors (Lipinski definition) is 0. The minimum Gasteiger partial charge on any atom is -0.493 e. The molecule has 0 spiro atoms. The molecular weight excluding hydrogens is 328 g/mol. The number of nitrogens with zero attached hydrogens (tertiary/aromatic N) is 4. The second-order valence-electron chi connectivity index (χ2n) is 7.55. The van der Waals surface area contributed by atoms with Crippen molar-refractivity contribution in [3.05, 3.63) is 41.0 Å². The maximum absolute atomic E-state index is 5.62. The average Bonchev–Trinajstić information content (AvgIpc) is 3.18. The van der Waals surface area contributed by atoms with E-state index >= 15 is 0 Å². The van der Waals surface area contributed by atoms with Gasteiger partial charge in [-0.1, -0.05) is 17.3 Å². The van der Waals surface area contributed by atoms with Crippen LogP contribution in [-0.4, -0.2) is 52.7 Å². The first-order valence-electron chi connectivity index (χ1n) is 9.64. The predicted molar refractivity (Wildman–Crippen MR) is 99.1 cm³/mol. The van der Waals surface area contributed by atoms with E-state index in [1.54, 1.807) is 0 Å². The van der Waals surface area contributed by atoms with Crippen LogP contribution < -0.4 is 4.74 Å². The Morgan fingerprint density at radius 1 is 1.27 bits per heavy atom. The van der Waals surface area contributed by atoms with Crippen molar-refractivity contribution in [2.45, 2.75) is 51.7 Å². The highest BCUT2D eigenvalue weighted by atomic mass is 16.5. The van der Waals surface area contributed by atoms with Crippen LogP contribution in [0.15, 0.2) is 22.7 Å². The number of ether oxygens (including phenoxy) is 1. The van der Waals surface area contributed by atoms with Crippen LogP contribution in [0.3, 0.4) is 0 Å². The van der Waals surface area contributed by atoms with E-state index in [1.807, 2.05) is 6.92 Å². The van der Waals surface area contributed by atoms with Crippen molar-refractivity contribution in [1.82, 2.24) is 19.9 Å². The molecule has 6 nitrogen and oxygen atoms in total. The summed E-state index contributed by atoms with van der Waals surface area (Å²) in [6.07, 6.45) is 4.68. The monoisotopic (exact) mass is 356 g/mol. The highest BCUT2D eigenvalue weighted by molar-refractivity contribution is 5.39. The van der Waals surface area contributed by atoms with Crippen LogP contribution in [0.25, 0.3) is 0 Å². The third kappa shape index (κ3) is 4.07. The van der Waals surface area contributed by atoms with Crippen LogP contribution in [0.5, 0.6) is 5.75 Å². The zero-order valence-corrected chi connectivity index (χ0v) is 15.8. The van der Waals surface area contributed by atoms with E-state index in [2.05, 4.69) is 45.2 Å². The van der Waals surface area contributed by atoms with Gasteiger partial charge in [0.25, 0.3) is 0 Å². The highest BCUT2D eigenvalue weighted by Crippen LogP contribution is 2.27. The minimum absolute atomic E-state index is 0.576. The summed E-state index contributed by atoms with van der Waals surface area (Å²) in [6, 6.07) is 7.26. The van der Waals surface area contributed by atoms with E-state index in [4.69, 9.17) is 9.26 Å². The fourth-order valence-corrected chi connectivity index (χ4v) is 4.09. The Labute approximate surface area is 155 Å². The van der Waals surface area contributed by atoms with Crippen LogP contribution in [0.2, 0.25) is 0 Å². The molecule has 2 aliphatic heterocycles. The molecule has 0 N–H and O–H groups in total. The summed E-state index contributed by atoms with van der Waals surface area (Å²) >= 11 is 0. The van der Waals surface area contributed by atoms with Gasteiger partial charge in [0, 0.05) is 25.9 Å². The quantitative estimate of drug-likeness (QED) is 0.821. The fraction of sp³-hybridized carbons (Fsp3) is 0.600. The molecule has 0 saturated carbocycles. The predicted octanol–water partition coefficient (Wildman–Crippen LogP) is 2.80. The maximum Gasteiger partial charge on any atom is 0.223 e. The van der Waals surface area contributed by atoms with E-state index in [-0.39, 0.29) is 0 Å². The molecule has 6 heteroatoms. The van der Waals surface area contributed by atoms with Gasteiger partial charge in [-0.05, 0) is 56.6 Å². The third-order valence-corrected chi connectivity index (χ3v) is 5.53. The van der Waals surface area contributed by atoms with Crippen molar-refractivity contribution >= 4 is 0 Å². The Morgan fingerprint density at radius 3 is 3.04 bits per heavy atom. The normalized spacial score (nSPS) is 20.8. The summed E-state index contributed by atoms with van der Waals surface area (Å²) in [7, 11) is 2.17. The van der Waals surface area contributed by atoms with Crippen molar-refractivity contribution in [2.24, 2.45) is 0 Å². The maximum atomic E-state index is 5.62. The third-order valence-electron chi connectivity index (χ3n) is 5.53. The van der Waals surface area contributed by atoms with E-state index in [0.717, 1.165) is 44.2 Å². The van der Waals surface area contributed by atoms with Crippen LogP contribution in [0.4, 0.5) is 0 Å². The lowest BCUT2D eigenvalue weighted by atomic mass is 10.1. The molecule has 2 aromatic rings. The number of likely N-dealkylation sites (tertiary alicyclic amines) is 1. The lowest BCUT2D eigenvalue weighted by molar-refractivity contribution is 0.200. The average molecular weight is 356 g/mol. The Bertz CT molecular complexity index is 745. The molecule has 1 aromatic heterocycles. The van der Waals surface area contributed by atoms with Crippen molar-refractivity contribution < 1.29 is 9.26 Å². The van der Waals surface area contributed by atoms with Gasteiger partial charge in [-0.3, -0.25) is 9.80 Å². The molecule has 0 amide bonds. The number of fused-ring (bicyclic) bond motifs is 1. The first kappa shape index (κ1) is 17.5. The molecule has 1 aromatic carbocycles. The number of aryl methyl sites for hydroxylation is 1. The molecule has 2 aliphatic rings. The topological polar surface area (TPSA) is 54.6 Å². The molecule has 140 valence electrons. The summed E-state index contributed by atoms with van der Waals surface area (Å²) in [5.41, 5.74) is 2.77. The van der Waals surface area contributed by atoms with Crippen molar-refractivity contribution in [3.8, 4) is 5.75 Å². The fourth-order valence-electron chi connectivity index (χ4n) is 4.09. The Morgan fingerprint density at radius 2 is 2.19 bits per heavy atom. The molecule has 3 heterocycles. The molecule has 0 bridgehead atoms. The molecule has 1 atom stereocenters. The molecule has 0 radical (unpaired) electrons. The largest absolute Gasteiger partial charge is 0.493 e. The Balaban J connectivity index is 1.31. The first-order chi connectivity index (χ1) is 12.7. The van der Waals surface area contributed by atoms with E-state index in [0.29, 0.717) is 11.9 Å². The summed E-state index contributed by atoms with van der Waals surface area (Å²) in [5.74, 6) is 2.50. The van der Waals surface area contributed by atoms with Crippen molar-refractivity contribution in [3.63, 3.8) is 0 Å². The van der Waals surface area contributed by atoms with Gasteiger partial charge in [-0.2, -0.15) is 4.98 Å². The SMILES string of the molecule is Cc1nc(CN(C)[C@@H]2CCCN(Cc3ccc4c(c3)CCO4)CC2)no1. The van der Waals surface area contributed by atoms with Gasteiger partial charge >= 0.3 is 0 Å². The standard InChI is InChI=1S/C20H28N4O2/c1-15-21-20(22-26-15)14-23(2)18-4-3-9-24(10-7-18)13-16-5-6-19-17(12-16)8-11-25-19/h5-6,12,18H,3-4,7-11,13-14H2,1-2H3/t18-/m1/s1. The Kier molecular flexibility index (Phi) is 5.22. The molecule has 4 rings (SSSR count). The lowest BCUT2D eigenvalue weighted by Crippen LogP contribution is -2.33. The second kappa shape index (κ2) is 7.76. The van der Waals surface area contributed by atoms with Crippen LogP contribution in [0.1, 0.15) is 42.1 Å². The molecule has 26 heavy (non-hydrogen) atoms. The Hall–Kier alpha value is -1.92. The summed E-state index contributed by atoms with van der Waals surface area (Å²) in [4.78, 5) is 9.29. The summed E-state index contributed by atoms with van der Waals surface area (Å²) < 4.78 is 10.7. The van der Waals surface area contributed by atoms with Crippen LogP contribution in [-0.2, 0) is 19.5 Å². The molecule has 0 aliphatic carbocycles. The van der Waals surface area contributed by atoms with Crippen LogP contribution in [0, 0.1) is 6.92 Å². The van der Waals surface area contributed by atoms with Gasteiger partial charge in [0.2, 0.25) is 5.89 Å². The lowest BCUT2D eigenvalue weighted by Gasteiger charge is -2.26. The number of benzene rings is 1. The molecule has 1 fully saturated rings. The zero-order valence-electron chi connectivity index (χ0n) is 15.8. The van der Waals surface area contributed by atoms with Crippen molar-refractivity contribution in [1.29, 1.82) is 0 Å². The van der Waals surface area contributed by atoms with Gasteiger partial charge in [0.05, 0.1) is 13.2 Å². The first-order valence-corrected chi connectivity index (χ1v) is 9.64. The van der Waals surface area contributed by atoms with Gasteiger partial charge in [-0.25, -0.2) is 0 Å². The van der Waals surface area contributed by atoms with E-state index in [9.17, 15) is 0 Å².